The molecule has 0 saturated heterocycles. The molecule has 0 fully saturated rings. The third-order valence-electron chi connectivity index (χ3n) is 4.75. The van der Waals surface area contributed by atoms with Gasteiger partial charge < -0.3 is 19.9 Å². The second-order valence-corrected chi connectivity index (χ2v) is 7.19. The van der Waals surface area contributed by atoms with E-state index >= 15 is 0 Å². The first-order valence-electron chi connectivity index (χ1n) is 9.98. The zero-order valence-electron chi connectivity index (χ0n) is 17.3. The van der Waals surface area contributed by atoms with E-state index in [0.29, 0.717) is 12.4 Å². The second-order valence-electron chi connectivity index (χ2n) is 7.19. The lowest BCUT2D eigenvalue weighted by atomic mass is 9.93. The highest BCUT2D eigenvalue weighted by atomic mass is 16.5. The fraction of sp³-hybridized carbons (Fsp3) is 0.240. The van der Waals surface area contributed by atoms with Crippen molar-refractivity contribution in [2.75, 3.05) is 19.8 Å². The number of ether oxygens (including phenoxy) is 2. The number of nitrogens with one attached hydrogen (secondary N) is 1. The molecule has 0 radical (unpaired) electrons. The third kappa shape index (κ3) is 5.84. The Labute approximate surface area is 177 Å². The van der Waals surface area contributed by atoms with Crippen molar-refractivity contribution in [2.45, 2.75) is 19.4 Å². The van der Waals surface area contributed by atoms with Gasteiger partial charge in [0.1, 0.15) is 17.1 Å². The van der Waals surface area contributed by atoms with E-state index in [4.69, 9.17) is 9.47 Å². The number of carbonyl (C=O) groups is 1. The predicted molar refractivity (Wildman–Crippen MR) is 118 cm³/mol. The van der Waals surface area contributed by atoms with Gasteiger partial charge in [-0.25, -0.2) is 0 Å². The Morgan fingerprint density at radius 1 is 0.867 bits per heavy atom. The van der Waals surface area contributed by atoms with E-state index in [9.17, 15) is 9.90 Å². The van der Waals surface area contributed by atoms with Crippen molar-refractivity contribution in [1.29, 1.82) is 0 Å². The maximum Gasteiger partial charge on any atom is 0.258 e. The van der Waals surface area contributed by atoms with Crippen LogP contribution in [-0.2, 0) is 10.4 Å². The molecule has 3 rings (SSSR count). The molecule has 0 saturated carbocycles. The number of hydrogen-bond acceptors (Lipinski definition) is 4. The molecule has 0 aromatic heterocycles. The fourth-order valence-electron chi connectivity index (χ4n) is 3.02. The molecular weight excluding hydrogens is 378 g/mol. The quantitative estimate of drug-likeness (QED) is 0.561. The molecule has 156 valence electrons. The van der Waals surface area contributed by atoms with Crippen molar-refractivity contribution >= 4 is 5.91 Å². The molecule has 5 heteroatoms. The Morgan fingerprint density at radius 2 is 1.43 bits per heavy atom. The summed E-state index contributed by atoms with van der Waals surface area (Å²) >= 11 is 0. The van der Waals surface area contributed by atoms with Crippen LogP contribution in [0.2, 0.25) is 0 Å². The molecule has 2 N–H and O–H groups in total. The summed E-state index contributed by atoms with van der Waals surface area (Å²) in [5.41, 5.74) is 1.73. The van der Waals surface area contributed by atoms with Crippen molar-refractivity contribution in [3.8, 4) is 22.6 Å². The molecule has 0 heterocycles. The summed E-state index contributed by atoms with van der Waals surface area (Å²) in [6, 6.07) is 24.8. The fourth-order valence-corrected chi connectivity index (χ4v) is 3.02. The Bertz CT molecular complexity index is 935. The zero-order valence-corrected chi connectivity index (χ0v) is 17.3. The molecule has 0 aliphatic rings. The Morgan fingerprint density at radius 3 is 2.03 bits per heavy atom. The van der Waals surface area contributed by atoms with Gasteiger partial charge in [-0.3, -0.25) is 4.79 Å². The summed E-state index contributed by atoms with van der Waals surface area (Å²) in [4.78, 5) is 12.1. The van der Waals surface area contributed by atoms with Gasteiger partial charge in [0, 0.05) is 0 Å². The molecule has 0 aliphatic carbocycles. The van der Waals surface area contributed by atoms with E-state index < -0.39 is 5.60 Å². The number of rotatable bonds is 9. The van der Waals surface area contributed by atoms with Crippen molar-refractivity contribution in [2.24, 2.45) is 0 Å². The van der Waals surface area contributed by atoms with Crippen LogP contribution in [0, 0.1) is 0 Å². The first kappa shape index (κ1) is 21.4. The molecule has 5 nitrogen and oxygen atoms in total. The van der Waals surface area contributed by atoms with Crippen LogP contribution in [0.5, 0.6) is 11.5 Å². The first-order valence-corrected chi connectivity index (χ1v) is 9.98. The summed E-state index contributed by atoms with van der Waals surface area (Å²) in [5.74, 6) is 1.03. The van der Waals surface area contributed by atoms with E-state index in [-0.39, 0.29) is 19.1 Å². The monoisotopic (exact) mass is 405 g/mol. The van der Waals surface area contributed by atoms with Gasteiger partial charge in [0.05, 0.1) is 13.2 Å². The van der Waals surface area contributed by atoms with Gasteiger partial charge in [-0.2, -0.15) is 0 Å². The summed E-state index contributed by atoms with van der Waals surface area (Å²) in [7, 11) is 0. The van der Waals surface area contributed by atoms with E-state index in [1.165, 1.54) is 0 Å². The normalized spacial score (nSPS) is 12.6. The average Bonchev–Trinajstić information content (AvgIpc) is 2.78. The molecule has 0 aliphatic heterocycles. The molecule has 1 atom stereocenters. The van der Waals surface area contributed by atoms with E-state index in [0.717, 1.165) is 22.4 Å². The van der Waals surface area contributed by atoms with Crippen molar-refractivity contribution < 1.29 is 19.4 Å². The molecule has 3 aromatic rings. The number of benzene rings is 3. The Kier molecular flexibility index (Phi) is 7.09. The highest BCUT2D eigenvalue weighted by Crippen LogP contribution is 2.25. The van der Waals surface area contributed by atoms with Gasteiger partial charge in [0.15, 0.2) is 6.61 Å². The molecule has 3 aromatic carbocycles. The lowest BCUT2D eigenvalue weighted by Gasteiger charge is -2.24. The smallest absolute Gasteiger partial charge is 0.258 e. The summed E-state index contributed by atoms with van der Waals surface area (Å²) in [6.45, 7) is 4.15. The van der Waals surface area contributed by atoms with Gasteiger partial charge >= 0.3 is 0 Å². The molecule has 30 heavy (non-hydrogen) atoms. The number of amides is 1. The highest BCUT2D eigenvalue weighted by Gasteiger charge is 2.24. The molecule has 1 unspecified atom stereocenters. The topological polar surface area (TPSA) is 67.8 Å². The maximum absolute atomic E-state index is 12.1. The molecule has 0 spiro atoms. The van der Waals surface area contributed by atoms with Crippen LogP contribution in [0.4, 0.5) is 0 Å². The van der Waals surface area contributed by atoms with Crippen molar-refractivity contribution in [3.63, 3.8) is 0 Å². The lowest BCUT2D eigenvalue weighted by Crippen LogP contribution is -2.40. The van der Waals surface area contributed by atoms with Crippen molar-refractivity contribution in [3.05, 3.63) is 84.4 Å². The van der Waals surface area contributed by atoms with Gasteiger partial charge in [0.2, 0.25) is 0 Å². The molecule has 0 bridgehead atoms. The van der Waals surface area contributed by atoms with Gasteiger partial charge in [-0.1, -0.05) is 54.6 Å². The highest BCUT2D eigenvalue weighted by molar-refractivity contribution is 5.77. The number of carbonyl (C=O) groups excluding carboxylic acids is 1. The Hall–Kier alpha value is -3.31. The summed E-state index contributed by atoms with van der Waals surface area (Å²) in [5, 5.41) is 13.5. The van der Waals surface area contributed by atoms with Crippen LogP contribution in [0.1, 0.15) is 19.4 Å². The number of aliphatic hydroxyl groups is 1. The van der Waals surface area contributed by atoms with Crippen LogP contribution in [0.15, 0.2) is 78.9 Å². The number of hydrogen-bond donors (Lipinski definition) is 2. The summed E-state index contributed by atoms with van der Waals surface area (Å²) in [6.07, 6.45) is 0. The predicted octanol–water partition coefficient (Wildman–Crippen LogP) is 4.16. The largest absolute Gasteiger partial charge is 0.494 e. The van der Waals surface area contributed by atoms with E-state index in [1.54, 1.807) is 31.2 Å². The Balaban J connectivity index is 1.50. The third-order valence-corrected chi connectivity index (χ3v) is 4.75. The lowest BCUT2D eigenvalue weighted by molar-refractivity contribution is -0.124. The van der Waals surface area contributed by atoms with E-state index in [2.05, 4.69) is 5.32 Å². The minimum atomic E-state index is -1.19. The van der Waals surface area contributed by atoms with Crippen LogP contribution in [0.3, 0.4) is 0 Å². The summed E-state index contributed by atoms with van der Waals surface area (Å²) < 4.78 is 10.9. The standard InChI is InChI=1S/C25H27NO4/c1-3-29-22-13-15-23(16-14-22)30-17-24(27)26-18-25(2,28)21-11-9-20(10-12-21)19-7-5-4-6-8-19/h4-16,28H,3,17-18H2,1-2H3,(H,26,27). The van der Waals surface area contributed by atoms with Gasteiger partial charge in [0.25, 0.3) is 5.91 Å². The molecule has 1 amide bonds. The van der Waals surface area contributed by atoms with Gasteiger partial charge in [-0.15, -0.1) is 0 Å². The minimum absolute atomic E-state index is 0.0865. The van der Waals surface area contributed by atoms with E-state index in [1.807, 2.05) is 61.5 Å². The SMILES string of the molecule is CCOc1ccc(OCC(=O)NCC(C)(O)c2ccc(-c3ccccc3)cc2)cc1. The average molecular weight is 405 g/mol. The zero-order chi connectivity index (χ0) is 21.4. The van der Waals surface area contributed by atoms with Crippen molar-refractivity contribution in [1.82, 2.24) is 5.32 Å². The van der Waals surface area contributed by atoms with Crippen LogP contribution in [-0.4, -0.2) is 30.8 Å². The first-order chi connectivity index (χ1) is 14.5. The van der Waals surface area contributed by atoms with Crippen LogP contribution in [0.25, 0.3) is 11.1 Å². The van der Waals surface area contributed by atoms with Crippen LogP contribution >= 0.6 is 0 Å². The minimum Gasteiger partial charge on any atom is -0.494 e. The van der Waals surface area contributed by atoms with Crippen LogP contribution < -0.4 is 14.8 Å². The maximum atomic E-state index is 12.1. The molecular formula is C25H27NO4. The van der Waals surface area contributed by atoms with Gasteiger partial charge in [-0.05, 0) is 54.8 Å². The second kappa shape index (κ2) is 9.94.